The normalized spacial score (nSPS) is 10.4. The van der Waals surface area contributed by atoms with Crippen LogP contribution in [0.4, 0.5) is 10.1 Å². The molecule has 0 spiro atoms. The average Bonchev–Trinajstić information content (AvgIpc) is 2.34. The summed E-state index contributed by atoms with van der Waals surface area (Å²) in [6.07, 6.45) is 0. The van der Waals surface area contributed by atoms with Gasteiger partial charge in [-0.15, -0.1) is 0 Å². The zero-order valence-electron chi connectivity index (χ0n) is 9.08. The van der Waals surface area contributed by atoms with Crippen LogP contribution in [0.15, 0.2) is 45.3 Å². The van der Waals surface area contributed by atoms with E-state index in [1.54, 1.807) is 24.3 Å². The number of benzene rings is 2. The van der Waals surface area contributed by atoms with Crippen LogP contribution in [0.5, 0.6) is 0 Å². The van der Waals surface area contributed by atoms with Crippen molar-refractivity contribution in [1.82, 2.24) is 0 Å². The summed E-state index contributed by atoms with van der Waals surface area (Å²) in [7, 11) is 0. The molecule has 18 heavy (non-hydrogen) atoms. The van der Waals surface area contributed by atoms with E-state index in [4.69, 9.17) is 5.73 Å². The summed E-state index contributed by atoms with van der Waals surface area (Å²) in [4.78, 5) is 12.2. The molecule has 2 nitrogen and oxygen atoms in total. The van der Waals surface area contributed by atoms with E-state index in [0.717, 1.165) is 4.47 Å². The number of anilines is 1. The molecule has 0 atom stereocenters. The lowest BCUT2D eigenvalue weighted by atomic mass is 10.0. The van der Waals surface area contributed by atoms with Crippen molar-refractivity contribution in [3.63, 3.8) is 0 Å². The Morgan fingerprint density at radius 3 is 2.33 bits per heavy atom. The third-order valence-electron chi connectivity index (χ3n) is 2.44. The third-order valence-corrected chi connectivity index (χ3v) is 3.62. The smallest absolute Gasteiger partial charge is 0.194 e. The predicted molar refractivity (Wildman–Crippen MR) is 76.1 cm³/mol. The van der Waals surface area contributed by atoms with Crippen LogP contribution in [0.2, 0.25) is 0 Å². The number of nitrogen functional groups attached to an aromatic ring is 1. The van der Waals surface area contributed by atoms with Crippen LogP contribution in [-0.4, -0.2) is 5.78 Å². The summed E-state index contributed by atoms with van der Waals surface area (Å²) < 4.78 is 14.5. The van der Waals surface area contributed by atoms with Crippen molar-refractivity contribution in [1.29, 1.82) is 0 Å². The standard InChI is InChI=1S/C13H8Br2FNO/c14-8-3-1-7(2-4-8)13(18)9-5-12(17)11(16)6-10(9)15/h1-6H,17H2. The maximum absolute atomic E-state index is 13.2. The molecule has 0 fully saturated rings. The van der Waals surface area contributed by atoms with Crippen molar-refractivity contribution in [2.45, 2.75) is 0 Å². The van der Waals surface area contributed by atoms with E-state index in [1.807, 2.05) is 0 Å². The van der Waals surface area contributed by atoms with Crippen LogP contribution >= 0.6 is 31.9 Å². The first-order chi connectivity index (χ1) is 8.49. The largest absolute Gasteiger partial charge is 0.396 e. The first-order valence-electron chi connectivity index (χ1n) is 5.04. The summed E-state index contributed by atoms with van der Waals surface area (Å²) in [6.45, 7) is 0. The lowest BCUT2D eigenvalue weighted by Crippen LogP contribution is -2.04. The number of nitrogens with two attached hydrogens (primary N) is 1. The van der Waals surface area contributed by atoms with Crippen molar-refractivity contribution < 1.29 is 9.18 Å². The molecule has 0 amide bonds. The molecule has 0 aromatic heterocycles. The quantitative estimate of drug-likeness (QED) is 0.635. The SMILES string of the molecule is Nc1cc(C(=O)c2ccc(Br)cc2)c(Br)cc1F. The van der Waals surface area contributed by atoms with E-state index < -0.39 is 5.82 Å². The molecule has 2 N–H and O–H groups in total. The molecular formula is C13H8Br2FNO. The van der Waals surface area contributed by atoms with Crippen molar-refractivity contribution >= 4 is 43.3 Å². The molecule has 0 heterocycles. The van der Waals surface area contributed by atoms with Gasteiger partial charge in [0, 0.05) is 20.1 Å². The first kappa shape index (κ1) is 13.2. The van der Waals surface area contributed by atoms with Gasteiger partial charge < -0.3 is 5.73 Å². The van der Waals surface area contributed by atoms with Crippen LogP contribution in [0.3, 0.4) is 0 Å². The van der Waals surface area contributed by atoms with Crippen molar-refractivity contribution in [2.24, 2.45) is 0 Å². The number of halogens is 3. The molecule has 92 valence electrons. The maximum Gasteiger partial charge on any atom is 0.194 e. The molecule has 0 aliphatic carbocycles. The Morgan fingerprint density at radius 1 is 1.11 bits per heavy atom. The minimum atomic E-state index is -0.547. The topological polar surface area (TPSA) is 43.1 Å². The molecule has 0 bridgehead atoms. The Bertz CT molecular complexity index is 611. The van der Waals surface area contributed by atoms with E-state index in [0.29, 0.717) is 15.6 Å². The van der Waals surface area contributed by atoms with Gasteiger partial charge in [-0.2, -0.15) is 0 Å². The summed E-state index contributed by atoms with van der Waals surface area (Å²) in [5.41, 5.74) is 6.29. The Kier molecular flexibility index (Phi) is 3.82. The maximum atomic E-state index is 13.2. The highest BCUT2D eigenvalue weighted by molar-refractivity contribution is 9.10. The van der Waals surface area contributed by atoms with Gasteiger partial charge in [-0.1, -0.05) is 15.9 Å². The number of ketones is 1. The van der Waals surface area contributed by atoms with Gasteiger partial charge in [-0.25, -0.2) is 4.39 Å². The van der Waals surface area contributed by atoms with Crippen LogP contribution in [0, 0.1) is 5.82 Å². The lowest BCUT2D eigenvalue weighted by molar-refractivity contribution is 0.103. The summed E-state index contributed by atoms with van der Waals surface area (Å²) in [5.74, 6) is -0.754. The minimum Gasteiger partial charge on any atom is -0.396 e. The fraction of sp³-hybridized carbons (Fsp3) is 0. The van der Waals surface area contributed by atoms with Gasteiger partial charge in [0.25, 0.3) is 0 Å². The van der Waals surface area contributed by atoms with Gasteiger partial charge in [-0.3, -0.25) is 4.79 Å². The molecule has 0 aliphatic rings. The van der Waals surface area contributed by atoms with Gasteiger partial charge >= 0.3 is 0 Å². The van der Waals surface area contributed by atoms with Gasteiger partial charge in [0.05, 0.1) is 5.69 Å². The summed E-state index contributed by atoms with van der Waals surface area (Å²) >= 11 is 6.46. The van der Waals surface area contributed by atoms with E-state index in [2.05, 4.69) is 31.9 Å². The Balaban J connectivity index is 2.46. The van der Waals surface area contributed by atoms with E-state index in [-0.39, 0.29) is 11.5 Å². The molecular weight excluding hydrogens is 365 g/mol. The highest BCUT2D eigenvalue weighted by Crippen LogP contribution is 2.25. The van der Waals surface area contributed by atoms with Crippen molar-refractivity contribution in [3.8, 4) is 0 Å². The fourth-order valence-electron chi connectivity index (χ4n) is 1.50. The minimum absolute atomic E-state index is 0.0429. The number of carbonyl (C=O) groups is 1. The second-order valence-corrected chi connectivity index (χ2v) is 5.46. The number of rotatable bonds is 2. The summed E-state index contributed by atoms with van der Waals surface area (Å²) in [6, 6.07) is 9.46. The van der Waals surface area contributed by atoms with Crippen molar-refractivity contribution in [3.05, 3.63) is 62.3 Å². The first-order valence-corrected chi connectivity index (χ1v) is 6.62. The van der Waals surface area contributed by atoms with Crippen molar-refractivity contribution in [2.75, 3.05) is 5.73 Å². The molecule has 0 saturated heterocycles. The molecule has 0 saturated carbocycles. The van der Waals surface area contributed by atoms with Crippen LogP contribution in [0.1, 0.15) is 15.9 Å². The highest BCUT2D eigenvalue weighted by atomic mass is 79.9. The molecule has 5 heteroatoms. The average molecular weight is 373 g/mol. The Labute approximate surface area is 120 Å². The van der Waals surface area contributed by atoms with E-state index >= 15 is 0 Å². The van der Waals surface area contributed by atoms with Crippen LogP contribution in [0.25, 0.3) is 0 Å². The number of hydrogen-bond acceptors (Lipinski definition) is 2. The molecule has 0 unspecified atom stereocenters. The Hall–Kier alpha value is -1.20. The van der Waals surface area contributed by atoms with E-state index in [9.17, 15) is 9.18 Å². The van der Waals surface area contributed by atoms with Gasteiger partial charge in [0.15, 0.2) is 5.78 Å². The van der Waals surface area contributed by atoms with Gasteiger partial charge in [-0.05, 0) is 52.3 Å². The predicted octanol–water partition coefficient (Wildman–Crippen LogP) is 4.16. The summed E-state index contributed by atoms with van der Waals surface area (Å²) in [5, 5.41) is 0. The number of carbonyl (C=O) groups excluding carboxylic acids is 1. The zero-order valence-corrected chi connectivity index (χ0v) is 12.3. The third kappa shape index (κ3) is 2.62. The van der Waals surface area contributed by atoms with Crippen LogP contribution < -0.4 is 5.73 Å². The van der Waals surface area contributed by atoms with Gasteiger partial charge in [0.2, 0.25) is 0 Å². The fourth-order valence-corrected chi connectivity index (χ4v) is 2.26. The van der Waals surface area contributed by atoms with E-state index in [1.165, 1.54) is 12.1 Å². The monoisotopic (exact) mass is 371 g/mol. The molecule has 0 aliphatic heterocycles. The molecule has 2 aromatic rings. The Morgan fingerprint density at radius 2 is 1.72 bits per heavy atom. The molecule has 2 rings (SSSR count). The molecule has 2 aromatic carbocycles. The second-order valence-electron chi connectivity index (χ2n) is 3.69. The number of hydrogen-bond donors (Lipinski definition) is 1. The lowest BCUT2D eigenvalue weighted by Gasteiger charge is -2.06. The van der Waals surface area contributed by atoms with Crippen LogP contribution in [-0.2, 0) is 0 Å². The van der Waals surface area contributed by atoms with Gasteiger partial charge in [0.1, 0.15) is 5.82 Å². The highest BCUT2D eigenvalue weighted by Gasteiger charge is 2.15. The zero-order chi connectivity index (χ0) is 13.3. The molecule has 0 radical (unpaired) electrons. The second kappa shape index (κ2) is 5.20.